The van der Waals surface area contributed by atoms with Gasteiger partial charge in [-0.3, -0.25) is 9.79 Å². The second-order valence-corrected chi connectivity index (χ2v) is 6.98. The van der Waals surface area contributed by atoms with Crippen LogP contribution in [0.3, 0.4) is 0 Å². The van der Waals surface area contributed by atoms with Gasteiger partial charge in [-0.15, -0.1) is 0 Å². The Hall–Kier alpha value is -1.26. The quantitative estimate of drug-likeness (QED) is 0.475. The van der Waals surface area contributed by atoms with Gasteiger partial charge in [-0.2, -0.15) is 0 Å². The van der Waals surface area contributed by atoms with Gasteiger partial charge in [0.05, 0.1) is 5.92 Å². The molecule has 3 unspecified atom stereocenters. The van der Waals surface area contributed by atoms with E-state index in [0.29, 0.717) is 12.6 Å². The number of ether oxygens (including phenoxy) is 1. The van der Waals surface area contributed by atoms with Gasteiger partial charge in [0.1, 0.15) is 5.60 Å². The first-order chi connectivity index (χ1) is 9.30. The SMILES string of the molecule is CN=C(NC1CC1C)N1CCC(C(=O)OC(C)(C)C)C1. The van der Waals surface area contributed by atoms with Gasteiger partial charge in [0.25, 0.3) is 0 Å². The molecule has 1 aliphatic heterocycles. The van der Waals surface area contributed by atoms with Crippen molar-refractivity contribution >= 4 is 11.9 Å². The number of hydrogen-bond donors (Lipinski definition) is 1. The lowest BCUT2D eigenvalue weighted by molar-refractivity contribution is -0.159. The van der Waals surface area contributed by atoms with Crippen LogP contribution in [0.25, 0.3) is 0 Å². The number of nitrogens with zero attached hydrogens (tertiary/aromatic N) is 2. The Morgan fingerprint density at radius 3 is 2.55 bits per heavy atom. The van der Waals surface area contributed by atoms with Crippen LogP contribution in [-0.4, -0.2) is 48.6 Å². The minimum atomic E-state index is -0.409. The number of guanidine groups is 1. The van der Waals surface area contributed by atoms with Crippen LogP contribution in [0.2, 0.25) is 0 Å². The average molecular weight is 281 g/mol. The van der Waals surface area contributed by atoms with E-state index in [-0.39, 0.29) is 11.9 Å². The number of aliphatic imine (C=N–C) groups is 1. The zero-order valence-electron chi connectivity index (χ0n) is 13.3. The number of rotatable bonds is 2. The van der Waals surface area contributed by atoms with Gasteiger partial charge in [-0.05, 0) is 39.5 Å². The Kier molecular flexibility index (Phi) is 4.25. The first-order valence-corrected chi connectivity index (χ1v) is 7.51. The Morgan fingerprint density at radius 2 is 2.05 bits per heavy atom. The summed E-state index contributed by atoms with van der Waals surface area (Å²) in [5, 5.41) is 3.46. The van der Waals surface area contributed by atoms with E-state index >= 15 is 0 Å². The van der Waals surface area contributed by atoms with Crippen molar-refractivity contribution in [2.75, 3.05) is 20.1 Å². The molecule has 0 amide bonds. The standard InChI is InChI=1S/C15H27N3O2/c1-10-8-12(10)17-14(16-5)18-7-6-11(9-18)13(19)20-15(2,3)4/h10-12H,6-9H2,1-5H3,(H,16,17). The fourth-order valence-corrected chi connectivity index (χ4v) is 2.52. The predicted octanol–water partition coefficient (Wildman–Crippen LogP) is 1.63. The van der Waals surface area contributed by atoms with Gasteiger partial charge in [-0.25, -0.2) is 0 Å². The van der Waals surface area contributed by atoms with E-state index in [1.54, 1.807) is 7.05 Å². The van der Waals surface area contributed by atoms with E-state index in [1.807, 2.05) is 20.8 Å². The molecule has 5 nitrogen and oxygen atoms in total. The van der Waals surface area contributed by atoms with Crippen LogP contribution in [0, 0.1) is 11.8 Å². The van der Waals surface area contributed by atoms with Gasteiger partial charge in [0, 0.05) is 26.2 Å². The normalized spacial score (nSPS) is 30.4. The van der Waals surface area contributed by atoms with Crippen LogP contribution in [-0.2, 0) is 9.53 Å². The van der Waals surface area contributed by atoms with Gasteiger partial charge < -0.3 is 15.0 Å². The monoisotopic (exact) mass is 281 g/mol. The summed E-state index contributed by atoms with van der Waals surface area (Å²) in [7, 11) is 1.80. The second kappa shape index (κ2) is 5.62. The molecule has 0 spiro atoms. The van der Waals surface area contributed by atoms with E-state index in [2.05, 4.69) is 22.1 Å². The van der Waals surface area contributed by atoms with Crippen LogP contribution in [0.15, 0.2) is 4.99 Å². The third-order valence-electron chi connectivity index (χ3n) is 3.86. The van der Waals surface area contributed by atoms with Crippen LogP contribution in [0.5, 0.6) is 0 Å². The molecule has 0 aromatic carbocycles. The van der Waals surface area contributed by atoms with E-state index in [4.69, 9.17) is 4.74 Å². The maximum atomic E-state index is 12.1. The lowest BCUT2D eigenvalue weighted by Crippen LogP contribution is -2.42. The summed E-state index contributed by atoms with van der Waals surface area (Å²) in [5.41, 5.74) is -0.409. The van der Waals surface area contributed by atoms with Crippen molar-refractivity contribution in [1.82, 2.24) is 10.2 Å². The summed E-state index contributed by atoms with van der Waals surface area (Å²) in [6.45, 7) is 9.53. The summed E-state index contributed by atoms with van der Waals surface area (Å²) >= 11 is 0. The van der Waals surface area contributed by atoms with Crippen LogP contribution >= 0.6 is 0 Å². The minimum Gasteiger partial charge on any atom is -0.460 e. The van der Waals surface area contributed by atoms with E-state index < -0.39 is 5.60 Å². The van der Waals surface area contributed by atoms with Crippen LogP contribution in [0.4, 0.5) is 0 Å². The number of esters is 1. The summed E-state index contributed by atoms with van der Waals surface area (Å²) in [4.78, 5) is 18.6. The highest BCUT2D eigenvalue weighted by Gasteiger charge is 2.37. The highest BCUT2D eigenvalue weighted by Crippen LogP contribution is 2.29. The van der Waals surface area contributed by atoms with Crippen molar-refractivity contribution in [2.45, 2.75) is 52.2 Å². The van der Waals surface area contributed by atoms with Gasteiger partial charge in [0.15, 0.2) is 5.96 Å². The second-order valence-electron chi connectivity index (χ2n) is 6.98. The molecule has 1 saturated heterocycles. The first-order valence-electron chi connectivity index (χ1n) is 7.51. The fourth-order valence-electron chi connectivity index (χ4n) is 2.52. The summed E-state index contributed by atoms with van der Waals surface area (Å²) < 4.78 is 5.47. The molecule has 3 atom stereocenters. The molecule has 1 aliphatic carbocycles. The van der Waals surface area contributed by atoms with Gasteiger partial charge in [-0.1, -0.05) is 6.92 Å². The molecule has 20 heavy (non-hydrogen) atoms. The predicted molar refractivity (Wildman–Crippen MR) is 79.6 cm³/mol. The topological polar surface area (TPSA) is 53.9 Å². The molecular weight excluding hydrogens is 254 g/mol. The lowest BCUT2D eigenvalue weighted by atomic mass is 10.1. The molecule has 1 N–H and O–H groups in total. The number of carbonyl (C=O) groups excluding carboxylic acids is 1. The number of hydrogen-bond acceptors (Lipinski definition) is 3. The molecular formula is C15H27N3O2. The van der Waals surface area contributed by atoms with Crippen LogP contribution in [0.1, 0.15) is 40.5 Å². The van der Waals surface area contributed by atoms with Crippen molar-refractivity contribution in [3.05, 3.63) is 0 Å². The largest absolute Gasteiger partial charge is 0.460 e. The Bertz CT molecular complexity index is 400. The van der Waals surface area contributed by atoms with Crippen LogP contribution < -0.4 is 5.32 Å². The molecule has 1 heterocycles. The zero-order valence-corrected chi connectivity index (χ0v) is 13.3. The zero-order chi connectivity index (χ0) is 14.9. The number of carbonyl (C=O) groups is 1. The highest BCUT2D eigenvalue weighted by atomic mass is 16.6. The molecule has 0 aromatic heterocycles. The average Bonchev–Trinajstić information content (AvgIpc) is 2.85. The third-order valence-corrected chi connectivity index (χ3v) is 3.86. The van der Waals surface area contributed by atoms with Crippen molar-refractivity contribution in [3.8, 4) is 0 Å². The first kappa shape index (κ1) is 15.1. The summed E-state index contributed by atoms with van der Waals surface area (Å²) in [6.07, 6.45) is 2.05. The molecule has 0 aromatic rings. The lowest BCUT2D eigenvalue weighted by Gasteiger charge is -2.23. The molecule has 5 heteroatoms. The minimum absolute atomic E-state index is 0.0376. The van der Waals surface area contributed by atoms with E-state index in [0.717, 1.165) is 24.8 Å². The molecule has 114 valence electrons. The highest BCUT2D eigenvalue weighted by molar-refractivity contribution is 5.82. The molecule has 2 fully saturated rings. The van der Waals surface area contributed by atoms with Crippen molar-refractivity contribution < 1.29 is 9.53 Å². The van der Waals surface area contributed by atoms with Crippen molar-refractivity contribution in [3.63, 3.8) is 0 Å². The Balaban J connectivity index is 1.86. The van der Waals surface area contributed by atoms with E-state index in [9.17, 15) is 4.79 Å². The fraction of sp³-hybridized carbons (Fsp3) is 0.867. The number of nitrogens with one attached hydrogen (secondary N) is 1. The third kappa shape index (κ3) is 3.87. The molecule has 2 aliphatic rings. The summed E-state index contributed by atoms with van der Waals surface area (Å²) in [5.74, 6) is 1.53. The van der Waals surface area contributed by atoms with Crippen molar-refractivity contribution in [1.29, 1.82) is 0 Å². The Morgan fingerprint density at radius 1 is 1.40 bits per heavy atom. The molecule has 0 bridgehead atoms. The maximum absolute atomic E-state index is 12.1. The van der Waals surface area contributed by atoms with Gasteiger partial charge >= 0.3 is 5.97 Å². The van der Waals surface area contributed by atoms with E-state index in [1.165, 1.54) is 6.42 Å². The maximum Gasteiger partial charge on any atom is 0.311 e. The van der Waals surface area contributed by atoms with Gasteiger partial charge in [0.2, 0.25) is 0 Å². The van der Waals surface area contributed by atoms with Crippen molar-refractivity contribution in [2.24, 2.45) is 16.8 Å². The summed E-state index contributed by atoms with van der Waals surface area (Å²) in [6, 6.07) is 0.550. The molecule has 0 radical (unpaired) electrons. The smallest absolute Gasteiger partial charge is 0.311 e. The Labute approximate surface area is 121 Å². The molecule has 2 rings (SSSR count). The number of likely N-dealkylation sites (tertiary alicyclic amines) is 1. The molecule has 1 saturated carbocycles.